The molecule has 0 saturated carbocycles. The molecule has 1 aromatic heterocycles. The number of aryl methyl sites for hydroxylation is 2. The van der Waals surface area contributed by atoms with Gasteiger partial charge in [-0.25, -0.2) is 0 Å². The predicted octanol–water partition coefficient (Wildman–Crippen LogP) is 0.937. The first-order valence-corrected chi connectivity index (χ1v) is 5.08. The second-order valence-electron chi connectivity index (χ2n) is 3.06. The Morgan fingerprint density at radius 3 is 3.07 bits per heavy atom. The van der Waals surface area contributed by atoms with E-state index < -0.39 is 0 Å². The van der Waals surface area contributed by atoms with Gasteiger partial charge in [0.25, 0.3) is 0 Å². The molecule has 1 N–H and O–H groups in total. The highest BCUT2D eigenvalue weighted by atomic mass is 35.5. The normalized spacial score (nSPS) is 10.1. The molecular weight excluding hydrogens is 202 g/mol. The predicted molar refractivity (Wildman–Crippen MR) is 55.3 cm³/mol. The van der Waals surface area contributed by atoms with Crippen molar-refractivity contribution < 1.29 is 4.79 Å². The maximum absolute atomic E-state index is 10.8. The molecule has 0 unspecified atom stereocenters. The first kappa shape index (κ1) is 11.0. The van der Waals surface area contributed by atoms with E-state index in [9.17, 15) is 4.79 Å². The quantitative estimate of drug-likeness (QED) is 0.587. The van der Waals surface area contributed by atoms with Crippen molar-refractivity contribution in [3.8, 4) is 0 Å². The minimum absolute atomic E-state index is 0.0286. The zero-order chi connectivity index (χ0) is 10.4. The summed E-state index contributed by atoms with van der Waals surface area (Å²) in [4.78, 5) is 10.8. The van der Waals surface area contributed by atoms with Crippen LogP contribution in [0.5, 0.6) is 0 Å². The molecule has 0 bridgehead atoms. The van der Waals surface area contributed by atoms with E-state index in [4.69, 9.17) is 11.6 Å². The lowest BCUT2D eigenvalue weighted by molar-refractivity contribution is -0.118. The fourth-order valence-electron chi connectivity index (χ4n) is 1.10. The molecule has 1 amide bonds. The summed E-state index contributed by atoms with van der Waals surface area (Å²) in [5.74, 6) is -0.0933. The number of alkyl halides is 1. The fraction of sp³-hybridized carbons (Fsp3) is 0.556. The number of halogens is 1. The van der Waals surface area contributed by atoms with Gasteiger partial charge in [-0.3, -0.25) is 9.48 Å². The van der Waals surface area contributed by atoms with E-state index in [0.717, 1.165) is 18.7 Å². The van der Waals surface area contributed by atoms with Gasteiger partial charge in [0.1, 0.15) is 5.88 Å². The number of hydrogen-bond donors (Lipinski definition) is 1. The maximum Gasteiger partial charge on any atom is 0.234 e. The third-order valence-electron chi connectivity index (χ3n) is 1.78. The Balaban J connectivity index is 2.13. The van der Waals surface area contributed by atoms with Crippen molar-refractivity contribution in [2.24, 2.45) is 0 Å². The molecule has 0 aliphatic carbocycles. The number of amides is 1. The van der Waals surface area contributed by atoms with Crippen molar-refractivity contribution in [2.75, 3.05) is 12.4 Å². The summed E-state index contributed by atoms with van der Waals surface area (Å²) in [6.07, 6.45) is 2.79. The molecule has 0 saturated heterocycles. The molecule has 78 valence electrons. The number of carbonyl (C=O) groups is 1. The van der Waals surface area contributed by atoms with Crippen molar-refractivity contribution in [3.63, 3.8) is 0 Å². The number of hydrogen-bond acceptors (Lipinski definition) is 2. The van der Waals surface area contributed by atoms with E-state index in [-0.39, 0.29) is 11.8 Å². The number of nitrogens with one attached hydrogen (secondary N) is 1. The third-order valence-corrected chi connectivity index (χ3v) is 2.02. The molecule has 0 aromatic carbocycles. The van der Waals surface area contributed by atoms with Crippen LogP contribution in [-0.2, 0) is 11.3 Å². The molecule has 0 radical (unpaired) electrons. The van der Waals surface area contributed by atoms with Gasteiger partial charge in [-0.1, -0.05) is 0 Å². The van der Waals surface area contributed by atoms with E-state index in [2.05, 4.69) is 10.4 Å². The molecule has 1 heterocycles. The van der Waals surface area contributed by atoms with Crippen molar-refractivity contribution in [3.05, 3.63) is 18.0 Å². The van der Waals surface area contributed by atoms with Gasteiger partial charge in [-0.05, 0) is 19.4 Å². The second kappa shape index (κ2) is 5.65. The van der Waals surface area contributed by atoms with Crippen LogP contribution in [0, 0.1) is 6.92 Å². The highest BCUT2D eigenvalue weighted by molar-refractivity contribution is 6.27. The van der Waals surface area contributed by atoms with Gasteiger partial charge in [0, 0.05) is 19.3 Å². The van der Waals surface area contributed by atoms with Gasteiger partial charge in [0.2, 0.25) is 5.91 Å². The van der Waals surface area contributed by atoms with Crippen LogP contribution in [0.3, 0.4) is 0 Å². The first-order valence-electron chi connectivity index (χ1n) is 4.55. The molecule has 0 atom stereocenters. The first-order chi connectivity index (χ1) is 6.72. The van der Waals surface area contributed by atoms with Gasteiger partial charge in [0.05, 0.1) is 5.69 Å². The lowest BCUT2D eigenvalue weighted by atomic mass is 10.4. The lowest BCUT2D eigenvalue weighted by Crippen LogP contribution is -2.26. The molecular formula is C9H14ClN3O. The van der Waals surface area contributed by atoms with Crippen LogP contribution in [0.4, 0.5) is 0 Å². The van der Waals surface area contributed by atoms with Crippen LogP contribution in [-0.4, -0.2) is 28.1 Å². The van der Waals surface area contributed by atoms with E-state index >= 15 is 0 Å². The lowest BCUT2D eigenvalue weighted by Gasteiger charge is -2.02. The number of carbonyl (C=O) groups excluding carboxylic acids is 1. The van der Waals surface area contributed by atoms with Crippen molar-refractivity contribution in [1.82, 2.24) is 15.1 Å². The van der Waals surface area contributed by atoms with Crippen LogP contribution >= 0.6 is 11.6 Å². The summed E-state index contributed by atoms with van der Waals surface area (Å²) in [5, 5.41) is 6.92. The molecule has 0 fully saturated rings. The summed E-state index contributed by atoms with van der Waals surface area (Å²) in [6, 6.07) is 1.96. The molecule has 0 aliphatic rings. The highest BCUT2D eigenvalue weighted by Gasteiger charge is 1.97. The Morgan fingerprint density at radius 1 is 1.71 bits per heavy atom. The molecule has 0 spiro atoms. The Morgan fingerprint density at radius 2 is 2.50 bits per heavy atom. The van der Waals surface area contributed by atoms with Crippen LogP contribution in [0.15, 0.2) is 12.3 Å². The number of rotatable bonds is 5. The van der Waals surface area contributed by atoms with Crippen LogP contribution in [0.2, 0.25) is 0 Å². The van der Waals surface area contributed by atoms with Crippen molar-refractivity contribution in [1.29, 1.82) is 0 Å². The molecule has 14 heavy (non-hydrogen) atoms. The van der Waals surface area contributed by atoms with E-state index in [0.29, 0.717) is 6.54 Å². The van der Waals surface area contributed by atoms with Gasteiger partial charge in [-0.15, -0.1) is 11.6 Å². The topological polar surface area (TPSA) is 46.9 Å². The van der Waals surface area contributed by atoms with Crippen molar-refractivity contribution in [2.45, 2.75) is 19.9 Å². The average Bonchev–Trinajstić information content (AvgIpc) is 2.58. The Kier molecular flexibility index (Phi) is 4.46. The van der Waals surface area contributed by atoms with Crippen LogP contribution in [0.1, 0.15) is 12.1 Å². The molecule has 5 heteroatoms. The van der Waals surface area contributed by atoms with Crippen molar-refractivity contribution >= 4 is 17.5 Å². The van der Waals surface area contributed by atoms with E-state index in [1.165, 1.54) is 0 Å². The number of nitrogens with zero attached hydrogens (tertiary/aromatic N) is 2. The smallest absolute Gasteiger partial charge is 0.234 e. The van der Waals surface area contributed by atoms with E-state index in [1.54, 1.807) is 0 Å². The minimum atomic E-state index is -0.122. The summed E-state index contributed by atoms with van der Waals surface area (Å²) >= 11 is 5.32. The van der Waals surface area contributed by atoms with Gasteiger partial charge < -0.3 is 5.32 Å². The Hall–Kier alpha value is -1.03. The highest BCUT2D eigenvalue weighted by Crippen LogP contribution is 1.93. The van der Waals surface area contributed by atoms with Gasteiger partial charge in [0.15, 0.2) is 0 Å². The van der Waals surface area contributed by atoms with Gasteiger partial charge >= 0.3 is 0 Å². The Labute approximate surface area is 88.2 Å². The number of aromatic nitrogens is 2. The molecule has 4 nitrogen and oxygen atoms in total. The average molecular weight is 216 g/mol. The van der Waals surface area contributed by atoms with Gasteiger partial charge in [-0.2, -0.15) is 5.10 Å². The zero-order valence-corrected chi connectivity index (χ0v) is 8.92. The summed E-state index contributed by atoms with van der Waals surface area (Å²) < 4.78 is 1.86. The standard InChI is InChI=1S/C9H14ClN3O/c1-8-3-6-13(12-8)5-2-4-11-9(14)7-10/h3,6H,2,4-5,7H2,1H3,(H,11,14). The zero-order valence-electron chi connectivity index (χ0n) is 8.16. The minimum Gasteiger partial charge on any atom is -0.355 e. The molecule has 1 aromatic rings. The monoisotopic (exact) mass is 215 g/mol. The fourth-order valence-corrected chi connectivity index (χ4v) is 1.20. The van der Waals surface area contributed by atoms with E-state index in [1.807, 2.05) is 23.9 Å². The summed E-state index contributed by atoms with van der Waals surface area (Å²) in [6.45, 7) is 3.41. The van der Waals surface area contributed by atoms with Crippen LogP contribution < -0.4 is 5.32 Å². The Bertz CT molecular complexity index is 298. The molecule has 1 rings (SSSR count). The second-order valence-corrected chi connectivity index (χ2v) is 3.32. The largest absolute Gasteiger partial charge is 0.355 e. The summed E-state index contributed by atoms with van der Waals surface area (Å²) in [5.41, 5.74) is 1.01. The molecule has 0 aliphatic heterocycles. The summed E-state index contributed by atoms with van der Waals surface area (Å²) in [7, 11) is 0. The third kappa shape index (κ3) is 3.79. The SMILES string of the molecule is Cc1ccn(CCCNC(=O)CCl)n1. The van der Waals surface area contributed by atoms with Crippen LogP contribution in [0.25, 0.3) is 0 Å². The maximum atomic E-state index is 10.8.